The predicted octanol–water partition coefficient (Wildman–Crippen LogP) is 3.42. The highest BCUT2D eigenvalue weighted by atomic mass is 16.2. The highest BCUT2D eigenvalue weighted by Gasteiger charge is 2.18. The van der Waals surface area contributed by atoms with Crippen molar-refractivity contribution in [1.82, 2.24) is 0 Å². The van der Waals surface area contributed by atoms with E-state index in [0.717, 1.165) is 17.7 Å². The second kappa shape index (κ2) is 5.78. The van der Waals surface area contributed by atoms with E-state index in [1.165, 1.54) is 5.56 Å². The lowest BCUT2D eigenvalue weighted by Crippen LogP contribution is -2.27. The molecular formula is C17H20N2O. The van der Waals surface area contributed by atoms with Gasteiger partial charge in [-0.25, -0.2) is 0 Å². The molecule has 0 fully saturated rings. The van der Waals surface area contributed by atoms with E-state index in [9.17, 15) is 4.79 Å². The van der Waals surface area contributed by atoms with Gasteiger partial charge in [0.05, 0.1) is 5.56 Å². The Bertz CT molecular complexity index is 597. The van der Waals surface area contributed by atoms with E-state index in [4.69, 9.17) is 5.73 Å². The Balaban J connectivity index is 2.32. The highest BCUT2D eigenvalue weighted by molar-refractivity contribution is 6.10. The maximum atomic E-state index is 12.6. The molecule has 3 nitrogen and oxygen atoms in total. The molecule has 3 heteroatoms. The van der Waals surface area contributed by atoms with Crippen LogP contribution in [-0.2, 0) is 6.42 Å². The molecule has 2 N–H and O–H groups in total. The number of nitrogens with two attached hydrogens (primary N) is 1. The summed E-state index contributed by atoms with van der Waals surface area (Å²) in [5.74, 6) is -0.0788. The van der Waals surface area contributed by atoms with Gasteiger partial charge in [-0.3, -0.25) is 4.79 Å². The fraction of sp³-hybridized carbons (Fsp3) is 0.235. The molecule has 0 aliphatic carbocycles. The molecule has 0 aliphatic heterocycles. The molecule has 2 rings (SSSR count). The number of benzene rings is 2. The Hall–Kier alpha value is -2.29. The van der Waals surface area contributed by atoms with Crippen molar-refractivity contribution < 1.29 is 4.79 Å². The van der Waals surface area contributed by atoms with Crippen LogP contribution in [-0.4, -0.2) is 13.0 Å². The molecule has 1 amide bonds. The third-order valence-corrected chi connectivity index (χ3v) is 3.56. The van der Waals surface area contributed by atoms with Crippen LogP contribution in [0.1, 0.15) is 28.4 Å². The van der Waals surface area contributed by atoms with Crippen LogP contribution in [0.25, 0.3) is 0 Å². The van der Waals surface area contributed by atoms with Crippen molar-refractivity contribution in [1.29, 1.82) is 0 Å². The normalized spacial score (nSPS) is 10.3. The highest BCUT2D eigenvalue weighted by Crippen LogP contribution is 2.22. The van der Waals surface area contributed by atoms with Crippen LogP contribution in [0.2, 0.25) is 0 Å². The average Bonchev–Trinajstić information content (AvgIpc) is 2.46. The van der Waals surface area contributed by atoms with E-state index in [-0.39, 0.29) is 5.91 Å². The van der Waals surface area contributed by atoms with E-state index in [0.29, 0.717) is 11.3 Å². The predicted molar refractivity (Wildman–Crippen MR) is 84.1 cm³/mol. The molecule has 0 bridgehead atoms. The number of amides is 1. The van der Waals surface area contributed by atoms with Crippen LogP contribution in [0, 0.1) is 6.92 Å². The lowest BCUT2D eigenvalue weighted by atomic mass is 10.0. The van der Waals surface area contributed by atoms with Crippen molar-refractivity contribution in [2.45, 2.75) is 20.3 Å². The van der Waals surface area contributed by atoms with Crippen LogP contribution in [0.5, 0.6) is 0 Å². The second-order valence-electron chi connectivity index (χ2n) is 4.92. The monoisotopic (exact) mass is 268 g/mol. The lowest BCUT2D eigenvalue weighted by Gasteiger charge is -2.20. The van der Waals surface area contributed by atoms with E-state index >= 15 is 0 Å². The summed E-state index contributed by atoms with van der Waals surface area (Å²) in [5, 5.41) is 0. The average molecular weight is 268 g/mol. The maximum Gasteiger partial charge on any atom is 0.260 e. The summed E-state index contributed by atoms with van der Waals surface area (Å²) in [7, 11) is 1.77. The van der Waals surface area contributed by atoms with Gasteiger partial charge in [0.1, 0.15) is 0 Å². The number of carbonyl (C=O) groups excluding carboxylic acids is 1. The van der Waals surface area contributed by atoms with Gasteiger partial charge < -0.3 is 10.6 Å². The molecule has 0 aromatic heterocycles. The third kappa shape index (κ3) is 2.67. The van der Waals surface area contributed by atoms with Gasteiger partial charge in [-0.2, -0.15) is 0 Å². The number of hydrogen-bond donors (Lipinski definition) is 1. The topological polar surface area (TPSA) is 46.3 Å². The Morgan fingerprint density at radius 2 is 1.80 bits per heavy atom. The van der Waals surface area contributed by atoms with Gasteiger partial charge in [-0.1, -0.05) is 31.2 Å². The summed E-state index contributed by atoms with van der Waals surface area (Å²) in [4.78, 5) is 14.2. The SMILES string of the molecule is CCc1ccc(N(C)C(=O)c2c(C)cccc2N)cc1. The largest absolute Gasteiger partial charge is 0.398 e. The molecule has 104 valence electrons. The molecule has 0 atom stereocenters. The molecule has 2 aromatic carbocycles. The molecule has 0 radical (unpaired) electrons. The van der Waals surface area contributed by atoms with Crippen molar-refractivity contribution in [2.24, 2.45) is 0 Å². The van der Waals surface area contributed by atoms with Crippen molar-refractivity contribution in [3.63, 3.8) is 0 Å². The lowest BCUT2D eigenvalue weighted by molar-refractivity contribution is 0.0993. The Morgan fingerprint density at radius 1 is 1.15 bits per heavy atom. The zero-order chi connectivity index (χ0) is 14.7. The van der Waals surface area contributed by atoms with Gasteiger partial charge in [0.2, 0.25) is 0 Å². The molecular weight excluding hydrogens is 248 g/mol. The molecule has 20 heavy (non-hydrogen) atoms. The van der Waals surface area contributed by atoms with E-state index in [2.05, 4.69) is 6.92 Å². The van der Waals surface area contributed by atoms with E-state index < -0.39 is 0 Å². The summed E-state index contributed by atoms with van der Waals surface area (Å²) >= 11 is 0. The summed E-state index contributed by atoms with van der Waals surface area (Å²) < 4.78 is 0. The molecule has 0 spiro atoms. The first-order valence-corrected chi connectivity index (χ1v) is 6.76. The Morgan fingerprint density at radius 3 is 2.35 bits per heavy atom. The van der Waals surface area contributed by atoms with Crippen molar-refractivity contribution >= 4 is 17.3 Å². The first-order chi connectivity index (χ1) is 9.54. The van der Waals surface area contributed by atoms with Gasteiger partial charge in [0.15, 0.2) is 0 Å². The molecule has 0 saturated heterocycles. The molecule has 0 saturated carbocycles. The van der Waals surface area contributed by atoms with Gasteiger partial charge in [-0.15, -0.1) is 0 Å². The summed E-state index contributed by atoms with van der Waals surface area (Å²) in [5.41, 5.74) is 10.1. The van der Waals surface area contributed by atoms with Gasteiger partial charge in [0.25, 0.3) is 5.91 Å². The fourth-order valence-corrected chi connectivity index (χ4v) is 2.22. The van der Waals surface area contributed by atoms with Crippen LogP contribution in [0.15, 0.2) is 42.5 Å². The third-order valence-electron chi connectivity index (χ3n) is 3.56. The first-order valence-electron chi connectivity index (χ1n) is 6.76. The van der Waals surface area contributed by atoms with Crippen LogP contribution < -0.4 is 10.6 Å². The quantitative estimate of drug-likeness (QED) is 0.867. The minimum absolute atomic E-state index is 0.0788. The van der Waals surface area contributed by atoms with Crippen LogP contribution in [0.4, 0.5) is 11.4 Å². The zero-order valence-electron chi connectivity index (χ0n) is 12.2. The smallest absolute Gasteiger partial charge is 0.260 e. The van der Waals surface area contributed by atoms with Crippen molar-refractivity contribution in [3.8, 4) is 0 Å². The summed E-state index contributed by atoms with van der Waals surface area (Å²) in [6.07, 6.45) is 0.989. The van der Waals surface area contributed by atoms with Crippen molar-refractivity contribution in [3.05, 3.63) is 59.2 Å². The molecule has 0 unspecified atom stereocenters. The Labute approximate surface area is 120 Å². The second-order valence-corrected chi connectivity index (χ2v) is 4.92. The van der Waals surface area contributed by atoms with Gasteiger partial charge in [-0.05, 0) is 42.7 Å². The van der Waals surface area contributed by atoms with Gasteiger partial charge >= 0.3 is 0 Å². The minimum Gasteiger partial charge on any atom is -0.398 e. The summed E-state index contributed by atoms with van der Waals surface area (Å²) in [6, 6.07) is 13.5. The van der Waals surface area contributed by atoms with Crippen LogP contribution >= 0.6 is 0 Å². The molecule has 2 aromatic rings. The number of rotatable bonds is 3. The minimum atomic E-state index is -0.0788. The van der Waals surface area contributed by atoms with Crippen molar-refractivity contribution in [2.75, 3.05) is 17.7 Å². The number of anilines is 2. The fourth-order valence-electron chi connectivity index (χ4n) is 2.22. The van der Waals surface area contributed by atoms with E-state index in [1.54, 1.807) is 18.0 Å². The molecule has 0 heterocycles. The number of aryl methyl sites for hydroxylation is 2. The number of carbonyl (C=O) groups is 1. The number of nitrogen functional groups attached to an aromatic ring is 1. The maximum absolute atomic E-state index is 12.6. The number of nitrogens with zero attached hydrogens (tertiary/aromatic N) is 1. The Kier molecular flexibility index (Phi) is 4.08. The number of hydrogen-bond acceptors (Lipinski definition) is 2. The zero-order valence-corrected chi connectivity index (χ0v) is 12.2. The first kappa shape index (κ1) is 14.1. The van der Waals surface area contributed by atoms with E-state index in [1.807, 2.05) is 43.3 Å². The van der Waals surface area contributed by atoms with Crippen LogP contribution in [0.3, 0.4) is 0 Å². The summed E-state index contributed by atoms with van der Waals surface area (Å²) in [6.45, 7) is 4.01. The molecule has 0 aliphatic rings. The standard InChI is InChI=1S/C17H20N2O/c1-4-13-8-10-14(11-9-13)19(3)17(20)16-12(2)6-5-7-15(16)18/h5-11H,4,18H2,1-3H3. The van der Waals surface area contributed by atoms with Gasteiger partial charge in [0, 0.05) is 18.4 Å².